The Bertz CT molecular complexity index is 385. The van der Waals surface area contributed by atoms with Crippen molar-refractivity contribution in [3.8, 4) is 5.88 Å². The molecule has 1 aromatic rings. The molecule has 2 fully saturated rings. The average Bonchev–Trinajstić information content (AvgIpc) is 2.86. The highest BCUT2D eigenvalue weighted by Crippen LogP contribution is 2.30. The topological polar surface area (TPSA) is 66.6 Å². The van der Waals surface area contributed by atoms with Crippen LogP contribution in [0.3, 0.4) is 0 Å². The van der Waals surface area contributed by atoms with Crippen LogP contribution in [-0.4, -0.2) is 36.5 Å². The number of aromatic nitrogens is 1. The Kier molecular flexibility index (Phi) is 2.41. The normalized spacial score (nSPS) is 32.6. The summed E-state index contributed by atoms with van der Waals surface area (Å²) < 4.78 is 16.9. The van der Waals surface area contributed by atoms with Gasteiger partial charge < -0.3 is 19.9 Å². The van der Waals surface area contributed by atoms with E-state index in [9.17, 15) is 0 Å². The maximum absolute atomic E-state index is 5.77. The van der Waals surface area contributed by atoms with Crippen LogP contribution in [0.1, 0.15) is 6.42 Å². The summed E-state index contributed by atoms with van der Waals surface area (Å²) in [6.07, 6.45) is 2.72. The molecule has 86 valence electrons. The zero-order valence-electron chi connectivity index (χ0n) is 8.83. The summed E-state index contributed by atoms with van der Waals surface area (Å²) in [4.78, 5) is 4.10. The number of nitrogens with two attached hydrogens (primary N) is 1. The summed E-state index contributed by atoms with van der Waals surface area (Å²) in [7, 11) is 0. The highest BCUT2D eigenvalue weighted by atomic mass is 16.6. The fraction of sp³-hybridized carbons (Fsp3) is 0.545. The summed E-state index contributed by atoms with van der Waals surface area (Å²) in [6, 6.07) is 3.55. The Morgan fingerprint density at radius 3 is 3.25 bits per heavy atom. The predicted molar refractivity (Wildman–Crippen MR) is 57.2 cm³/mol. The summed E-state index contributed by atoms with van der Waals surface area (Å²) in [5.41, 5.74) is 6.31. The summed E-state index contributed by atoms with van der Waals surface area (Å²) in [5.74, 6) is 0.465. The number of hydrogen-bond donors (Lipinski definition) is 1. The van der Waals surface area contributed by atoms with Crippen LogP contribution in [0, 0.1) is 0 Å². The molecule has 0 saturated carbocycles. The summed E-state index contributed by atoms with van der Waals surface area (Å²) in [6.45, 7) is 1.29. The lowest BCUT2D eigenvalue weighted by Crippen LogP contribution is -2.32. The second-order valence-corrected chi connectivity index (χ2v) is 4.05. The molecule has 0 amide bonds. The molecule has 16 heavy (non-hydrogen) atoms. The molecule has 3 heterocycles. The molecule has 2 aliphatic heterocycles. The van der Waals surface area contributed by atoms with E-state index in [1.807, 2.05) is 0 Å². The lowest BCUT2D eigenvalue weighted by molar-refractivity contribution is 0.0293. The van der Waals surface area contributed by atoms with Crippen LogP contribution in [0.2, 0.25) is 0 Å². The number of hydrogen-bond acceptors (Lipinski definition) is 5. The quantitative estimate of drug-likeness (QED) is 0.793. The van der Waals surface area contributed by atoms with E-state index in [2.05, 4.69) is 4.98 Å². The Morgan fingerprint density at radius 2 is 2.38 bits per heavy atom. The third kappa shape index (κ3) is 1.62. The van der Waals surface area contributed by atoms with Gasteiger partial charge in [0.15, 0.2) is 6.10 Å². The maximum atomic E-state index is 5.77. The van der Waals surface area contributed by atoms with E-state index in [1.54, 1.807) is 18.3 Å². The molecule has 0 unspecified atom stereocenters. The molecule has 0 aromatic carbocycles. The van der Waals surface area contributed by atoms with Crippen molar-refractivity contribution in [1.82, 2.24) is 4.98 Å². The molecule has 0 radical (unpaired) electrons. The van der Waals surface area contributed by atoms with Gasteiger partial charge in [0.25, 0.3) is 0 Å². The van der Waals surface area contributed by atoms with Crippen LogP contribution >= 0.6 is 0 Å². The van der Waals surface area contributed by atoms with E-state index in [4.69, 9.17) is 19.9 Å². The lowest BCUT2D eigenvalue weighted by Gasteiger charge is -2.17. The number of pyridine rings is 1. The van der Waals surface area contributed by atoms with Gasteiger partial charge in [-0.1, -0.05) is 0 Å². The SMILES string of the molecule is Nc1cccnc1O[C@@H]1CO[C@@H]2CCO[C@@H]21. The molecule has 1 aromatic heterocycles. The summed E-state index contributed by atoms with van der Waals surface area (Å²) >= 11 is 0. The first kappa shape index (κ1) is 9.86. The van der Waals surface area contributed by atoms with Crippen molar-refractivity contribution in [3.63, 3.8) is 0 Å². The van der Waals surface area contributed by atoms with E-state index in [1.165, 1.54) is 0 Å². The van der Waals surface area contributed by atoms with Crippen LogP contribution in [0.25, 0.3) is 0 Å². The van der Waals surface area contributed by atoms with Gasteiger partial charge in [-0.25, -0.2) is 4.98 Å². The number of ether oxygens (including phenoxy) is 3. The maximum Gasteiger partial charge on any atom is 0.237 e. The van der Waals surface area contributed by atoms with E-state index in [-0.39, 0.29) is 18.3 Å². The first-order chi connectivity index (χ1) is 7.84. The van der Waals surface area contributed by atoms with E-state index < -0.39 is 0 Å². The first-order valence-corrected chi connectivity index (χ1v) is 5.45. The van der Waals surface area contributed by atoms with Crippen molar-refractivity contribution >= 4 is 5.69 Å². The zero-order valence-corrected chi connectivity index (χ0v) is 8.83. The predicted octanol–water partition coefficient (Wildman–Crippen LogP) is 0.599. The monoisotopic (exact) mass is 222 g/mol. The van der Waals surface area contributed by atoms with Crippen LogP contribution in [0.15, 0.2) is 18.3 Å². The Hall–Kier alpha value is -1.33. The third-order valence-corrected chi connectivity index (χ3v) is 2.98. The smallest absolute Gasteiger partial charge is 0.237 e. The third-order valence-electron chi connectivity index (χ3n) is 2.98. The van der Waals surface area contributed by atoms with Crippen LogP contribution in [-0.2, 0) is 9.47 Å². The molecule has 2 N–H and O–H groups in total. The highest BCUT2D eigenvalue weighted by Gasteiger charge is 2.43. The highest BCUT2D eigenvalue weighted by molar-refractivity contribution is 5.47. The Morgan fingerprint density at radius 1 is 1.44 bits per heavy atom. The van der Waals surface area contributed by atoms with Gasteiger partial charge in [0, 0.05) is 12.8 Å². The average molecular weight is 222 g/mol. The van der Waals surface area contributed by atoms with E-state index >= 15 is 0 Å². The van der Waals surface area contributed by atoms with Crippen molar-refractivity contribution in [1.29, 1.82) is 0 Å². The largest absolute Gasteiger partial charge is 0.468 e. The first-order valence-electron chi connectivity index (χ1n) is 5.45. The van der Waals surface area contributed by atoms with Crippen LogP contribution < -0.4 is 10.5 Å². The minimum Gasteiger partial charge on any atom is -0.468 e. The van der Waals surface area contributed by atoms with Crippen molar-refractivity contribution in [2.75, 3.05) is 18.9 Å². The van der Waals surface area contributed by atoms with Crippen molar-refractivity contribution in [3.05, 3.63) is 18.3 Å². The van der Waals surface area contributed by atoms with E-state index in [0.29, 0.717) is 18.2 Å². The van der Waals surface area contributed by atoms with Crippen LogP contribution in [0.4, 0.5) is 5.69 Å². The van der Waals surface area contributed by atoms with Gasteiger partial charge in [0.1, 0.15) is 6.10 Å². The van der Waals surface area contributed by atoms with Gasteiger partial charge in [0.05, 0.1) is 18.4 Å². The fourth-order valence-electron chi connectivity index (χ4n) is 2.18. The van der Waals surface area contributed by atoms with Gasteiger partial charge in [-0.15, -0.1) is 0 Å². The molecule has 0 spiro atoms. The zero-order chi connectivity index (χ0) is 11.0. The van der Waals surface area contributed by atoms with E-state index in [0.717, 1.165) is 13.0 Å². The molecule has 3 rings (SSSR count). The van der Waals surface area contributed by atoms with Gasteiger partial charge in [-0.05, 0) is 18.6 Å². The second-order valence-electron chi connectivity index (χ2n) is 4.05. The summed E-state index contributed by atoms with van der Waals surface area (Å²) in [5, 5.41) is 0. The van der Waals surface area contributed by atoms with Gasteiger partial charge in [-0.2, -0.15) is 0 Å². The number of nitrogen functional groups attached to an aromatic ring is 1. The Labute approximate surface area is 93.5 Å². The molecular formula is C11H14N2O3. The fourth-order valence-corrected chi connectivity index (χ4v) is 2.18. The van der Waals surface area contributed by atoms with Crippen molar-refractivity contribution < 1.29 is 14.2 Å². The number of nitrogens with zero attached hydrogens (tertiary/aromatic N) is 1. The van der Waals surface area contributed by atoms with Gasteiger partial charge >= 0.3 is 0 Å². The van der Waals surface area contributed by atoms with Crippen molar-refractivity contribution in [2.45, 2.75) is 24.7 Å². The molecule has 0 bridgehead atoms. The molecule has 5 heteroatoms. The Balaban J connectivity index is 1.73. The second kappa shape index (κ2) is 3.92. The standard InChI is InChI=1S/C11H14N2O3/c12-7-2-1-4-13-11(7)16-9-6-15-8-3-5-14-10(8)9/h1-2,4,8-10H,3,5-6,12H2/t8-,9-,10+/m1/s1. The number of anilines is 1. The minimum absolute atomic E-state index is 0.0291. The van der Waals surface area contributed by atoms with Gasteiger partial charge in [0.2, 0.25) is 5.88 Å². The molecule has 3 atom stereocenters. The molecule has 2 saturated heterocycles. The lowest BCUT2D eigenvalue weighted by atomic mass is 10.1. The van der Waals surface area contributed by atoms with Gasteiger partial charge in [-0.3, -0.25) is 0 Å². The van der Waals surface area contributed by atoms with Crippen molar-refractivity contribution in [2.24, 2.45) is 0 Å². The molecule has 0 aliphatic carbocycles. The number of rotatable bonds is 2. The molecule has 5 nitrogen and oxygen atoms in total. The van der Waals surface area contributed by atoms with Crippen LogP contribution in [0.5, 0.6) is 5.88 Å². The minimum atomic E-state index is -0.0929. The number of fused-ring (bicyclic) bond motifs is 1. The molecular weight excluding hydrogens is 208 g/mol. The molecule has 2 aliphatic rings.